The van der Waals surface area contributed by atoms with Crippen molar-refractivity contribution < 1.29 is 13.2 Å². The van der Waals surface area contributed by atoms with Crippen molar-refractivity contribution in [2.45, 2.75) is 44.4 Å². The maximum absolute atomic E-state index is 12.3. The number of alkyl halides is 3. The minimum atomic E-state index is -4.41. The molecule has 0 aromatic carbocycles. The van der Waals surface area contributed by atoms with Crippen molar-refractivity contribution in [1.82, 2.24) is 15.1 Å². The van der Waals surface area contributed by atoms with E-state index in [1.807, 2.05) is 6.92 Å². The van der Waals surface area contributed by atoms with Crippen molar-refractivity contribution in [3.05, 3.63) is 18.0 Å². The second-order valence-corrected chi connectivity index (χ2v) is 4.36. The Bertz CT molecular complexity index is 441. The Morgan fingerprint density at radius 2 is 2.16 bits per heavy atom. The SMILES string of the molecule is CCC(C#N)(CCCn1ccc(C(F)(F)F)n1)NC. The first kappa shape index (κ1) is 15.5. The first-order valence-electron chi connectivity index (χ1n) is 6.07. The molecule has 1 aromatic heterocycles. The molecule has 1 heterocycles. The molecule has 4 nitrogen and oxygen atoms in total. The van der Waals surface area contributed by atoms with Gasteiger partial charge in [-0.15, -0.1) is 0 Å². The van der Waals surface area contributed by atoms with E-state index in [0.29, 0.717) is 25.8 Å². The van der Waals surface area contributed by atoms with Gasteiger partial charge in [-0.05, 0) is 32.4 Å². The molecule has 0 saturated heterocycles. The molecule has 0 aliphatic carbocycles. The normalized spacial score (nSPS) is 14.9. The zero-order valence-electron chi connectivity index (χ0n) is 11.0. The predicted octanol–water partition coefficient (Wildman–Crippen LogP) is 2.57. The molecule has 1 rings (SSSR count). The van der Waals surface area contributed by atoms with Crippen LogP contribution in [0.4, 0.5) is 13.2 Å². The number of nitrogens with one attached hydrogen (secondary N) is 1. The Morgan fingerprint density at radius 1 is 1.47 bits per heavy atom. The summed E-state index contributed by atoms with van der Waals surface area (Å²) in [5.41, 5.74) is -1.50. The van der Waals surface area contributed by atoms with E-state index in [-0.39, 0.29) is 0 Å². The third-order valence-electron chi connectivity index (χ3n) is 3.22. The molecule has 0 radical (unpaired) electrons. The van der Waals surface area contributed by atoms with E-state index in [1.165, 1.54) is 10.9 Å². The number of hydrogen-bond acceptors (Lipinski definition) is 3. The van der Waals surface area contributed by atoms with E-state index in [1.54, 1.807) is 7.05 Å². The minimum Gasteiger partial charge on any atom is -0.302 e. The second-order valence-electron chi connectivity index (χ2n) is 4.36. The Kier molecular flexibility index (Phi) is 4.95. The van der Waals surface area contributed by atoms with Crippen LogP contribution in [0, 0.1) is 11.3 Å². The fourth-order valence-electron chi connectivity index (χ4n) is 1.85. The van der Waals surface area contributed by atoms with Gasteiger partial charge in [0.05, 0.1) is 6.07 Å². The summed E-state index contributed by atoms with van der Waals surface area (Å²) in [6.07, 6.45) is -1.30. The number of hydrogen-bond donors (Lipinski definition) is 1. The van der Waals surface area contributed by atoms with E-state index in [4.69, 9.17) is 5.26 Å². The second kappa shape index (κ2) is 6.06. The van der Waals surface area contributed by atoms with Gasteiger partial charge in [-0.2, -0.15) is 23.5 Å². The molecule has 0 saturated carbocycles. The molecule has 1 aromatic rings. The molecule has 0 spiro atoms. The molecular weight excluding hydrogens is 257 g/mol. The highest BCUT2D eigenvalue weighted by atomic mass is 19.4. The van der Waals surface area contributed by atoms with Crippen LogP contribution in [0.15, 0.2) is 12.3 Å². The van der Waals surface area contributed by atoms with Crippen LogP contribution in [-0.2, 0) is 12.7 Å². The van der Waals surface area contributed by atoms with Gasteiger partial charge in [0.2, 0.25) is 0 Å². The van der Waals surface area contributed by atoms with Gasteiger partial charge in [0.1, 0.15) is 5.54 Å². The van der Waals surface area contributed by atoms with Gasteiger partial charge in [0, 0.05) is 12.7 Å². The zero-order valence-corrected chi connectivity index (χ0v) is 11.0. The molecule has 0 amide bonds. The number of aromatic nitrogens is 2. The van der Waals surface area contributed by atoms with Crippen molar-refractivity contribution in [2.24, 2.45) is 0 Å². The fourth-order valence-corrected chi connectivity index (χ4v) is 1.85. The number of halogens is 3. The first-order valence-corrected chi connectivity index (χ1v) is 6.07. The Morgan fingerprint density at radius 3 is 2.58 bits per heavy atom. The molecule has 1 atom stereocenters. The lowest BCUT2D eigenvalue weighted by atomic mass is 9.92. The molecule has 0 fully saturated rings. The van der Waals surface area contributed by atoms with Crippen LogP contribution < -0.4 is 5.32 Å². The Labute approximate surface area is 110 Å². The van der Waals surface area contributed by atoms with Gasteiger partial charge in [-0.1, -0.05) is 6.92 Å². The lowest BCUT2D eigenvalue weighted by Crippen LogP contribution is -2.40. The Balaban J connectivity index is 2.55. The van der Waals surface area contributed by atoms with Gasteiger partial charge in [-0.25, -0.2) is 0 Å². The lowest BCUT2D eigenvalue weighted by molar-refractivity contribution is -0.141. The molecule has 0 aliphatic rings. The van der Waals surface area contributed by atoms with E-state index in [9.17, 15) is 13.2 Å². The minimum absolute atomic E-state index is 0.362. The average molecular weight is 274 g/mol. The number of nitriles is 1. The summed E-state index contributed by atoms with van der Waals surface area (Å²) in [6, 6.07) is 3.16. The Hall–Kier alpha value is -1.55. The summed E-state index contributed by atoms with van der Waals surface area (Å²) in [4.78, 5) is 0. The van der Waals surface area contributed by atoms with Gasteiger partial charge >= 0.3 is 6.18 Å². The van der Waals surface area contributed by atoms with Crippen molar-refractivity contribution in [1.29, 1.82) is 5.26 Å². The summed E-state index contributed by atoms with van der Waals surface area (Å²) in [6.45, 7) is 2.26. The molecule has 0 aliphatic heterocycles. The van der Waals surface area contributed by atoms with Gasteiger partial charge in [0.15, 0.2) is 5.69 Å². The van der Waals surface area contributed by atoms with Crippen LogP contribution in [0.25, 0.3) is 0 Å². The topological polar surface area (TPSA) is 53.6 Å². The molecule has 1 N–H and O–H groups in total. The molecule has 0 bridgehead atoms. The molecule has 19 heavy (non-hydrogen) atoms. The van der Waals surface area contributed by atoms with E-state index >= 15 is 0 Å². The molecular formula is C12H17F3N4. The highest BCUT2D eigenvalue weighted by Crippen LogP contribution is 2.27. The number of rotatable bonds is 6. The summed E-state index contributed by atoms with van der Waals surface area (Å²) in [7, 11) is 1.71. The number of nitrogens with zero attached hydrogens (tertiary/aromatic N) is 3. The largest absolute Gasteiger partial charge is 0.435 e. The molecule has 106 valence electrons. The van der Waals surface area contributed by atoms with Crippen molar-refractivity contribution in [3.63, 3.8) is 0 Å². The van der Waals surface area contributed by atoms with Gasteiger partial charge < -0.3 is 5.32 Å². The van der Waals surface area contributed by atoms with Crippen LogP contribution in [-0.4, -0.2) is 22.4 Å². The standard InChI is InChI=1S/C12H17F3N4/c1-3-11(9-16,17-2)6-4-7-19-8-5-10(18-19)12(13,14)15/h5,8,17H,3-4,6-7H2,1-2H3. The van der Waals surface area contributed by atoms with E-state index in [0.717, 1.165) is 6.07 Å². The summed E-state index contributed by atoms with van der Waals surface area (Å²) in [5, 5.41) is 15.5. The monoisotopic (exact) mass is 274 g/mol. The molecule has 1 unspecified atom stereocenters. The summed E-state index contributed by atoms with van der Waals surface area (Å²) in [5.74, 6) is 0. The lowest BCUT2D eigenvalue weighted by Gasteiger charge is -2.24. The van der Waals surface area contributed by atoms with Crippen molar-refractivity contribution in [3.8, 4) is 6.07 Å². The highest BCUT2D eigenvalue weighted by molar-refractivity contribution is 5.06. The van der Waals surface area contributed by atoms with Crippen LogP contribution >= 0.6 is 0 Å². The van der Waals surface area contributed by atoms with Gasteiger partial charge in [-0.3, -0.25) is 4.68 Å². The smallest absolute Gasteiger partial charge is 0.302 e. The predicted molar refractivity (Wildman–Crippen MR) is 64.2 cm³/mol. The highest BCUT2D eigenvalue weighted by Gasteiger charge is 2.33. The van der Waals surface area contributed by atoms with Crippen molar-refractivity contribution >= 4 is 0 Å². The third-order valence-corrected chi connectivity index (χ3v) is 3.22. The van der Waals surface area contributed by atoms with E-state index in [2.05, 4.69) is 16.5 Å². The first-order chi connectivity index (χ1) is 8.87. The summed E-state index contributed by atoms with van der Waals surface area (Å²) >= 11 is 0. The zero-order chi connectivity index (χ0) is 14.5. The van der Waals surface area contributed by atoms with Crippen LogP contribution in [0.3, 0.4) is 0 Å². The number of aryl methyl sites for hydroxylation is 1. The van der Waals surface area contributed by atoms with E-state index < -0.39 is 17.4 Å². The van der Waals surface area contributed by atoms with Gasteiger partial charge in [0.25, 0.3) is 0 Å². The summed E-state index contributed by atoms with van der Waals surface area (Å²) < 4.78 is 38.3. The maximum atomic E-state index is 12.3. The van der Waals surface area contributed by atoms with Crippen LogP contribution in [0.1, 0.15) is 31.9 Å². The quantitative estimate of drug-likeness (QED) is 0.867. The van der Waals surface area contributed by atoms with Crippen LogP contribution in [0.2, 0.25) is 0 Å². The maximum Gasteiger partial charge on any atom is 0.435 e. The average Bonchev–Trinajstić information content (AvgIpc) is 2.84. The molecule has 7 heteroatoms. The fraction of sp³-hybridized carbons (Fsp3) is 0.667. The van der Waals surface area contributed by atoms with Crippen LogP contribution in [0.5, 0.6) is 0 Å². The third kappa shape index (κ3) is 3.96. The van der Waals surface area contributed by atoms with Crippen molar-refractivity contribution in [2.75, 3.05) is 7.05 Å².